The first-order chi connectivity index (χ1) is 4.45. The molecule has 0 bridgehead atoms. The van der Waals surface area contributed by atoms with Gasteiger partial charge in [-0.2, -0.15) is 0 Å². The molecule has 11 heavy (non-hydrogen) atoms. The smallest absolute Gasteiger partial charge is 0.635 e. The van der Waals surface area contributed by atoms with E-state index in [0.717, 1.165) is 6.08 Å². The summed E-state index contributed by atoms with van der Waals surface area (Å²) < 4.78 is 27.9. The average molecular weight is 187 g/mol. The predicted molar refractivity (Wildman–Crippen MR) is 35.0 cm³/mol. The zero-order valence-electron chi connectivity index (χ0n) is 6.02. The van der Waals surface area contributed by atoms with Crippen LogP contribution in [0.1, 0.15) is 0 Å². The standard InChI is InChI=1S/C4H7NO4S.Na/c1-2-4(6)5-3-10(7,8)9;/h2H,1,3H2,(H2,5,6,7,8,9);/q;+1/p-1. The molecule has 0 aliphatic carbocycles. The summed E-state index contributed by atoms with van der Waals surface area (Å²) in [7, 11) is -4.16. The van der Waals surface area contributed by atoms with Crippen LogP contribution in [-0.4, -0.2) is 24.8 Å². The largest absolute Gasteiger partial charge is 1.00 e. The summed E-state index contributed by atoms with van der Waals surface area (Å²) in [5.41, 5.74) is 0. The van der Waals surface area contributed by atoms with Crippen molar-refractivity contribution in [3.05, 3.63) is 18.0 Å². The Kier molecular flexibility index (Phi) is 7.13. The molecule has 1 N–H and O–H groups in total. The Morgan fingerprint density at radius 3 is 2.36 bits per heavy atom. The molecule has 0 aromatic carbocycles. The minimum atomic E-state index is -4.16. The van der Waals surface area contributed by atoms with Crippen molar-refractivity contribution in [3.63, 3.8) is 0 Å². The van der Waals surface area contributed by atoms with Crippen LogP contribution in [0.5, 0.6) is 0 Å². The van der Waals surface area contributed by atoms with Gasteiger partial charge in [0.05, 0.1) is 5.91 Å². The van der Waals surface area contributed by atoms with Crippen molar-refractivity contribution in [1.82, 2.24) is 0 Å². The number of nitrogens with zero attached hydrogens (tertiary/aromatic N) is 1. The van der Waals surface area contributed by atoms with Crippen LogP contribution in [0.15, 0.2) is 12.7 Å². The van der Waals surface area contributed by atoms with E-state index in [2.05, 4.69) is 11.9 Å². The zero-order chi connectivity index (χ0) is 8.20. The van der Waals surface area contributed by atoms with Gasteiger partial charge in [-0.1, -0.05) is 6.58 Å². The summed E-state index contributed by atoms with van der Waals surface area (Å²) >= 11 is 0. The number of carbonyl (C=O) groups is 1. The molecule has 58 valence electrons. The third-order valence-electron chi connectivity index (χ3n) is 0.558. The molecule has 0 spiro atoms. The number of rotatable bonds is 3. The SMILES string of the molecule is C=CC(=O)[N-]CS(=O)(=O)O.[Na+]. The van der Waals surface area contributed by atoms with Crippen LogP contribution in [0.4, 0.5) is 0 Å². The van der Waals surface area contributed by atoms with Gasteiger partial charge in [0.15, 0.2) is 0 Å². The summed E-state index contributed by atoms with van der Waals surface area (Å²) in [5.74, 6) is -1.67. The maximum atomic E-state index is 10.2. The molecule has 0 heterocycles. The van der Waals surface area contributed by atoms with Crippen molar-refractivity contribution in [2.45, 2.75) is 0 Å². The Morgan fingerprint density at radius 2 is 2.09 bits per heavy atom. The first kappa shape index (κ1) is 13.7. The van der Waals surface area contributed by atoms with Crippen LogP contribution >= 0.6 is 0 Å². The third-order valence-corrected chi connectivity index (χ3v) is 1.01. The van der Waals surface area contributed by atoms with Crippen molar-refractivity contribution >= 4 is 16.0 Å². The number of hydrogen-bond acceptors (Lipinski definition) is 3. The summed E-state index contributed by atoms with van der Waals surface area (Å²) in [6.45, 7) is 3.04. The monoisotopic (exact) mass is 187 g/mol. The normalized spacial score (nSPS) is 9.55. The van der Waals surface area contributed by atoms with E-state index in [4.69, 9.17) is 4.55 Å². The van der Waals surface area contributed by atoms with E-state index >= 15 is 0 Å². The average Bonchev–Trinajstić information content (AvgIpc) is 1.81. The fourth-order valence-corrected chi connectivity index (χ4v) is 0.500. The Balaban J connectivity index is 0. The molecule has 0 unspecified atom stereocenters. The van der Waals surface area contributed by atoms with Crippen molar-refractivity contribution < 1.29 is 47.3 Å². The second-order valence-corrected chi connectivity index (χ2v) is 2.83. The number of amides is 1. The molecule has 0 fully saturated rings. The molecule has 5 nitrogen and oxygen atoms in total. The summed E-state index contributed by atoms with van der Waals surface area (Å²) in [6, 6.07) is 0. The van der Waals surface area contributed by atoms with Gasteiger partial charge in [0.2, 0.25) is 10.1 Å². The van der Waals surface area contributed by atoms with Crippen molar-refractivity contribution in [3.8, 4) is 0 Å². The van der Waals surface area contributed by atoms with Gasteiger partial charge in [-0.15, -0.1) is 0 Å². The molecule has 0 atom stereocenters. The molecule has 0 aliphatic rings. The van der Waals surface area contributed by atoms with E-state index in [9.17, 15) is 13.2 Å². The maximum Gasteiger partial charge on any atom is 1.00 e. The number of carbonyl (C=O) groups excluding carboxylic acids is 1. The fourth-order valence-electron chi connectivity index (χ4n) is 0.210. The van der Waals surface area contributed by atoms with Crippen LogP contribution < -0.4 is 29.6 Å². The molecule has 0 aromatic rings. The van der Waals surface area contributed by atoms with E-state index in [1.807, 2.05) is 0 Å². The molecule has 0 radical (unpaired) electrons. The second-order valence-electron chi connectivity index (χ2n) is 1.41. The van der Waals surface area contributed by atoms with Gasteiger partial charge in [0.25, 0.3) is 0 Å². The van der Waals surface area contributed by atoms with E-state index in [-0.39, 0.29) is 29.6 Å². The Labute approximate surface area is 86.9 Å². The van der Waals surface area contributed by atoms with Crippen LogP contribution in [0.3, 0.4) is 0 Å². The van der Waals surface area contributed by atoms with Gasteiger partial charge in [0.1, 0.15) is 0 Å². The van der Waals surface area contributed by atoms with Gasteiger partial charge < -0.3 is 10.1 Å². The van der Waals surface area contributed by atoms with E-state index in [1.165, 1.54) is 0 Å². The van der Waals surface area contributed by atoms with Crippen LogP contribution in [0.25, 0.3) is 5.32 Å². The minimum absolute atomic E-state index is 0. The molecule has 0 saturated heterocycles. The van der Waals surface area contributed by atoms with E-state index < -0.39 is 21.9 Å². The molecular formula is C4H6NNaO4S. The Hall–Kier alpha value is 0.120. The molecule has 1 amide bonds. The van der Waals surface area contributed by atoms with Crippen molar-refractivity contribution in [2.75, 3.05) is 5.88 Å². The van der Waals surface area contributed by atoms with Crippen LogP contribution in [-0.2, 0) is 14.9 Å². The topological polar surface area (TPSA) is 85.5 Å². The van der Waals surface area contributed by atoms with Gasteiger partial charge in [-0.05, 0) is 6.08 Å². The summed E-state index contributed by atoms with van der Waals surface area (Å²) in [4.78, 5) is 10.2. The van der Waals surface area contributed by atoms with Crippen LogP contribution in [0.2, 0.25) is 0 Å². The molecule has 0 rings (SSSR count). The second kappa shape index (κ2) is 5.73. The Bertz CT molecular complexity index is 234. The third kappa shape index (κ3) is 10.1. The number of hydrogen-bond donors (Lipinski definition) is 1. The van der Waals surface area contributed by atoms with Crippen molar-refractivity contribution in [1.29, 1.82) is 0 Å². The quantitative estimate of drug-likeness (QED) is 0.288. The van der Waals surface area contributed by atoms with Crippen molar-refractivity contribution in [2.24, 2.45) is 0 Å². The van der Waals surface area contributed by atoms with E-state index in [1.54, 1.807) is 0 Å². The Morgan fingerprint density at radius 1 is 1.64 bits per heavy atom. The first-order valence-electron chi connectivity index (χ1n) is 2.25. The first-order valence-corrected chi connectivity index (χ1v) is 3.85. The summed E-state index contributed by atoms with van der Waals surface area (Å²) in [5, 5.41) is 2.92. The minimum Gasteiger partial charge on any atom is -0.635 e. The molecule has 0 saturated carbocycles. The molecule has 0 aliphatic heterocycles. The van der Waals surface area contributed by atoms with Crippen LogP contribution in [0, 0.1) is 0 Å². The molecular weight excluding hydrogens is 181 g/mol. The molecule has 0 aromatic heterocycles. The zero-order valence-corrected chi connectivity index (χ0v) is 8.84. The van der Waals surface area contributed by atoms with Gasteiger partial charge >= 0.3 is 29.6 Å². The predicted octanol–water partition coefficient (Wildman–Crippen LogP) is -3.08. The van der Waals surface area contributed by atoms with Gasteiger partial charge in [-0.3, -0.25) is 4.55 Å². The fraction of sp³-hybridized carbons (Fsp3) is 0.250. The molecule has 7 heteroatoms. The van der Waals surface area contributed by atoms with Gasteiger partial charge in [0, 0.05) is 5.88 Å². The maximum absolute atomic E-state index is 10.2. The summed E-state index contributed by atoms with van der Waals surface area (Å²) in [6.07, 6.45) is 0.852. The van der Waals surface area contributed by atoms with Gasteiger partial charge in [-0.25, -0.2) is 8.42 Å². The van der Waals surface area contributed by atoms with E-state index in [0.29, 0.717) is 0 Å².